The predicted octanol–water partition coefficient (Wildman–Crippen LogP) is 1.64. The molecule has 0 spiro atoms. The van der Waals surface area contributed by atoms with E-state index in [9.17, 15) is 15.0 Å². The van der Waals surface area contributed by atoms with Crippen LogP contribution < -0.4 is 5.32 Å². The first-order chi connectivity index (χ1) is 14.1. The van der Waals surface area contributed by atoms with Crippen molar-refractivity contribution in [2.75, 3.05) is 6.61 Å². The maximum atomic E-state index is 12.4. The van der Waals surface area contributed by atoms with Crippen LogP contribution in [0.5, 0.6) is 0 Å². The molecule has 3 aliphatic rings. The molecule has 4 rings (SSSR count). The Bertz CT molecular complexity index is 682. The van der Waals surface area contributed by atoms with Gasteiger partial charge in [0.2, 0.25) is 5.91 Å². The van der Waals surface area contributed by atoms with Gasteiger partial charge in [0.15, 0.2) is 0 Å². The molecule has 0 unspecified atom stereocenters. The van der Waals surface area contributed by atoms with Gasteiger partial charge in [-0.2, -0.15) is 0 Å². The molecule has 2 aliphatic carbocycles. The van der Waals surface area contributed by atoms with Crippen LogP contribution in [0.15, 0.2) is 6.20 Å². The summed E-state index contributed by atoms with van der Waals surface area (Å²) in [6.07, 6.45) is 11.7. The number of carbonyl (C=O) groups is 1. The van der Waals surface area contributed by atoms with Crippen molar-refractivity contribution in [3.8, 4) is 0 Å². The summed E-state index contributed by atoms with van der Waals surface area (Å²) < 4.78 is 7.86. The number of aryl methyl sites for hydroxylation is 1. The molecule has 1 aliphatic heterocycles. The van der Waals surface area contributed by atoms with Gasteiger partial charge in [0.1, 0.15) is 17.4 Å². The Kier molecular flexibility index (Phi) is 6.51. The molecule has 3 N–H and O–H groups in total. The molecule has 162 valence electrons. The van der Waals surface area contributed by atoms with E-state index in [1.165, 1.54) is 0 Å². The van der Waals surface area contributed by atoms with Crippen LogP contribution in [0, 0.1) is 5.92 Å². The average Bonchev–Trinajstić information content (AvgIpc) is 3.49. The number of hydrogen-bond donors (Lipinski definition) is 3. The van der Waals surface area contributed by atoms with E-state index >= 15 is 0 Å². The summed E-state index contributed by atoms with van der Waals surface area (Å²) in [6, 6.07) is -0.112. The predicted molar refractivity (Wildman–Crippen MR) is 106 cm³/mol. The van der Waals surface area contributed by atoms with Crippen LogP contribution in [0.25, 0.3) is 0 Å². The zero-order chi connectivity index (χ0) is 20.3. The second kappa shape index (κ2) is 9.10. The number of hydrogen-bond acceptors (Lipinski definition) is 6. The number of amides is 1. The van der Waals surface area contributed by atoms with Crippen molar-refractivity contribution >= 4 is 5.91 Å². The summed E-state index contributed by atoms with van der Waals surface area (Å²) in [5.41, 5.74) is -0.144. The quantitative estimate of drug-likeness (QED) is 0.635. The lowest BCUT2D eigenvalue weighted by Gasteiger charge is -2.36. The first kappa shape index (κ1) is 20.8. The molecular weight excluding hydrogens is 372 g/mol. The zero-order valence-corrected chi connectivity index (χ0v) is 17.1. The lowest BCUT2D eigenvalue weighted by atomic mass is 9.96. The minimum atomic E-state index is -0.813. The smallest absolute Gasteiger partial charge is 0.223 e. The fourth-order valence-electron chi connectivity index (χ4n) is 5.11. The summed E-state index contributed by atoms with van der Waals surface area (Å²) in [5.74, 6) is 0.247. The Hall–Kier alpha value is -1.51. The van der Waals surface area contributed by atoms with Crippen molar-refractivity contribution in [2.45, 2.75) is 101 Å². The number of carbonyl (C=O) groups excluding carboxylic acids is 1. The lowest BCUT2D eigenvalue weighted by Crippen LogP contribution is -2.52. The molecule has 29 heavy (non-hydrogen) atoms. The van der Waals surface area contributed by atoms with Gasteiger partial charge in [0.05, 0.1) is 24.9 Å². The average molecular weight is 407 g/mol. The molecule has 1 amide bonds. The van der Waals surface area contributed by atoms with Gasteiger partial charge >= 0.3 is 0 Å². The van der Waals surface area contributed by atoms with E-state index in [1.807, 2.05) is 6.20 Å². The summed E-state index contributed by atoms with van der Waals surface area (Å²) in [4.78, 5) is 12.4. The van der Waals surface area contributed by atoms with Gasteiger partial charge in [-0.05, 0) is 44.9 Å². The van der Waals surface area contributed by atoms with Gasteiger partial charge in [-0.3, -0.25) is 9.48 Å². The van der Waals surface area contributed by atoms with Crippen molar-refractivity contribution in [1.29, 1.82) is 0 Å². The van der Waals surface area contributed by atoms with Gasteiger partial charge in [0, 0.05) is 12.5 Å². The third kappa shape index (κ3) is 4.81. The van der Waals surface area contributed by atoms with Gasteiger partial charge in [-0.25, -0.2) is 0 Å². The highest BCUT2D eigenvalue weighted by Crippen LogP contribution is 2.37. The van der Waals surface area contributed by atoms with Gasteiger partial charge in [0.25, 0.3) is 0 Å². The third-order valence-electron chi connectivity index (χ3n) is 6.98. The molecule has 2 heterocycles. The van der Waals surface area contributed by atoms with Crippen molar-refractivity contribution in [2.24, 2.45) is 5.92 Å². The number of nitrogens with one attached hydrogen (secondary N) is 1. The second-order valence-electron chi connectivity index (χ2n) is 9.05. The van der Waals surface area contributed by atoms with E-state index in [2.05, 4.69) is 15.6 Å². The Morgan fingerprint density at radius 1 is 1.21 bits per heavy atom. The van der Waals surface area contributed by atoms with E-state index in [0.29, 0.717) is 12.2 Å². The van der Waals surface area contributed by atoms with Crippen LogP contribution in [0.4, 0.5) is 0 Å². The lowest BCUT2D eigenvalue weighted by molar-refractivity contribution is -0.132. The first-order valence-corrected chi connectivity index (χ1v) is 11.3. The molecule has 8 nitrogen and oxygen atoms in total. The molecule has 0 aromatic carbocycles. The molecule has 3 atom stereocenters. The Morgan fingerprint density at radius 2 is 1.97 bits per heavy atom. The van der Waals surface area contributed by atoms with Crippen LogP contribution in [0.2, 0.25) is 0 Å². The highest BCUT2D eigenvalue weighted by Gasteiger charge is 2.36. The maximum absolute atomic E-state index is 12.4. The summed E-state index contributed by atoms with van der Waals surface area (Å²) >= 11 is 0. The van der Waals surface area contributed by atoms with Crippen LogP contribution in [0.3, 0.4) is 0 Å². The molecule has 0 radical (unpaired) electrons. The highest BCUT2D eigenvalue weighted by atomic mass is 16.5. The van der Waals surface area contributed by atoms with Crippen LogP contribution >= 0.6 is 0 Å². The molecule has 2 saturated carbocycles. The topological polar surface area (TPSA) is 110 Å². The monoisotopic (exact) mass is 406 g/mol. The fraction of sp³-hybridized carbons (Fsp3) is 0.857. The first-order valence-electron chi connectivity index (χ1n) is 11.3. The Balaban J connectivity index is 1.26. The van der Waals surface area contributed by atoms with E-state index in [1.54, 1.807) is 4.68 Å². The largest absolute Gasteiger partial charge is 0.394 e. The minimum absolute atomic E-state index is 0.0222. The molecular formula is C21H34N4O4. The minimum Gasteiger partial charge on any atom is -0.394 e. The van der Waals surface area contributed by atoms with Crippen molar-refractivity contribution in [3.05, 3.63) is 11.9 Å². The molecule has 1 aromatic rings. The summed E-state index contributed by atoms with van der Waals surface area (Å²) in [6.45, 7) is 0.567. The number of aromatic nitrogens is 3. The Labute approximate surface area is 172 Å². The van der Waals surface area contributed by atoms with Crippen LogP contribution in [-0.2, 0) is 21.7 Å². The summed E-state index contributed by atoms with van der Waals surface area (Å²) in [5, 5.41) is 31.9. The number of aliphatic hydroxyl groups excluding tert-OH is 1. The maximum Gasteiger partial charge on any atom is 0.223 e. The molecule has 1 aromatic heterocycles. The summed E-state index contributed by atoms with van der Waals surface area (Å²) in [7, 11) is 0. The fourth-order valence-corrected chi connectivity index (χ4v) is 5.11. The number of ether oxygens (including phenoxy) is 1. The van der Waals surface area contributed by atoms with Crippen molar-refractivity contribution in [3.63, 3.8) is 0 Å². The molecule has 3 fully saturated rings. The number of aliphatic hydroxyl groups is 2. The van der Waals surface area contributed by atoms with E-state index in [4.69, 9.17) is 4.74 Å². The van der Waals surface area contributed by atoms with Gasteiger partial charge in [-0.1, -0.05) is 30.9 Å². The van der Waals surface area contributed by atoms with E-state index in [0.717, 1.165) is 70.6 Å². The van der Waals surface area contributed by atoms with Gasteiger partial charge in [-0.15, -0.1) is 5.10 Å². The molecule has 1 saturated heterocycles. The van der Waals surface area contributed by atoms with E-state index < -0.39 is 5.60 Å². The number of rotatable bonds is 7. The van der Waals surface area contributed by atoms with Crippen molar-refractivity contribution in [1.82, 2.24) is 20.3 Å². The van der Waals surface area contributed by atoms with Crippen LogP contribution in [0.1, 0.15) is 76.3 Å². The van der Waals surface area contributed by atoms with Crippen LogP contribution in [-0.4, -0.2) is 56.0 Å². The molecule has 0 bridgehead atoms. The Morgan fingerprint density at radius 3 is 2.69 bits per heavy atom. The van der Waals surface area contributed by atoms with Crippen molar-refractivity contribution < 1.29 is 19.7 Å². The second-order valence-corrected chi connectivity index (χ2v) is 9.05. The third-order valence-corrected chi connectivity index (χ3v) is 6.98. The zero-order valence-electron chi connectivity index (χ0n) is 17.1. The van der Waals surface area contributed by atoms with E-state index in [-0.39, 0.29) is 36.7 Å². The normalized spacial score (nSPS) is 29.9. The molecule has 8 heteroatoms. The number of nitrogens with zero attached hydrogens (tertiary/aromatic N) is 3. The standard InChI is InChI=1S/C21H34N4O4/c26-14-18-17(22-20(27)15-5-1-2-6-15)8-7-16(29-18)9-12-25-13-19(23-24-25)21(28)10-3-4-11-21/h13,15-18,26,28H,1-12,14H2,(H,22,27)/t16-,17+,18+/m1/s1. The SMILES string of the molecule is O=C(N[C@H]1CC[C@H](CCn2cc(C3(O)CCCC3)nn2)O[C@H]1CO)C1CCCC1. The van der Waals surface area contributed by atoms with Gasteiger partial charge < -0.3 is 20.3 Å². The highest BCUT2D eigenvalue weighted by molar-refractivity contribution is 5.79.